The van der Waals surface area contributed by atoms with Crippen molar-refractivity contribution in [2.24, 2.45) is 10.2 Å². The van der Waals surface area contributed by atoms with E-state index >= 15 is 0 Å². The number of pyridine rings is 1. The smallest absolute Gasteiger partial charge is 0.296 e. The van der Waals surface area contributed by atoms with Gasteiger partial charge in [0.05, 0.1) is 4.92 Å². The highest BCUT2D eigenvalue weighted by molar-refractivity contribution is 5.57. The maximum atomic E-state index is 12.8. The molecule has 0 atom stereocenters. The van der Waals surface area contributed by atoms with Crippen molar-refractivity contribution in [3.63, 3.8) is 0 Å². The van der Waals surface area contributed by atoms with Crippen LogP contribution in [0.3, 0.4) is 0 Å². The molecule has 1 aliphatic rings. The topological polar surface area (TPSA) is 113 Å². The number of likely N-dealkylation sites (tertiary alicyclic amines) is 1. The van der Waals surface area contributed by atoms with Crippen molar-refractivity contribution in [2.75, 3.05) is 13.1 Å². The normalized spacial score (nSPS) is 15.1. The van der Waals surface area contributed by atoms with Crippen LogP contribution in [0.4, 0.5) is 17.1 Å². The van der Waals surface area contributed by atoms with Crippen LogP contribution in [0.1, 0.15) is 37.3 Å². The standard InChI is InChI=1S/C20H25N5O4/c1-3-24-19(26)15(13-23-11-7-4-8-12-23)14(2)18(20(24)27)22-21-16-9-5-6-10-17(16)25(28)29/h5-6,9-10,26H,3-4,7-8,11-13H2,1-2H3. The molecule has 1 N–H and O–H groups in total. The Kier molecular flexibility index (Phi) is 6.38. The second-order valence-corrected chi connectivity index (χ2v) is 7.11. The Morgan fingerprint density at radius 1 is 1.17 bits per heavy atom. The van der Waals surface area contributed by atoms with Crippen LogP contribution in [-0.4, -0.2) is 32.6 Å². The van der Waals surface area contributed by atoms with Gasteiger partial charge in [-0.1, -0.05) is 18.6 Å². The molecular weight excluding hydrogens is 374 g/mol. The van der Waals surface area contributed by atoms with Crippen molar-refractivity contribution in [1.29, 1.82) is 0 Å². The van der Waals surface area contributed by atoms with Gasteiger partial charge in [0.25, 0.3) is 11.2 Å². The molecule has 0 radical (unpaired) electrons. The average molecular weight is 399 g/mol. The number of nitro groups is 1. The highest BCUT2D eigenvalue weighted by atomic mass is 16.6. The van der Waals surface area contributed by atoms with Crippen LogP contribution in [0, 0.1) is 17.0 Å². The number of piperidine rings is 1. The van der Waals surface area contributed by atoms with E-state index < -0.39 is 10.5 Å². The third-order valence-corrected chi connectivity index (χ3v) is 5.26. The van der Waals surface area contributed by atoms with Crippen molar-refractivity contribution in [1.82, 2.24) is 9.47 Å². The minimum Gasteiger partial charge on any atom is -0.494 e. The van der Waals surface area contributed by atoms with Crippen LogP contribution >= 0.6 is 0 Å². The van der Waals surface area contributed by atoms with E-state index in [4.69, 9.17) is 0 Å². The van der Waals surface area contributed by atoms with Gasteiger partial charge in [0.2, 0.25) is 0 Å². The van der Waals surface area contributed by atoms with Crippen LogP contribution in [0.15, 0.2) is 39.3 Å². The molecule has 1 saturated heterocycles. The van der Waals surface area contributed by atoms with E-state index in [1.54, 1.807) is 26.0 Å². The average Bonchev–Trinajstić information content (AvgIpc) is 2.72. The van der Waals surface area contributed by atoms with E-state index in [-0.39, 0.29) is 29.5 Å². The van der Waals surface area contributed by atoms with Gasteiger partial charge < -0.3 is 5.11 Å². The lowest BCUT2D eigenvalue weighted by Crippen LogP contribution is -2.31. The fourth-order valence-electron chi connectivity index (χ4n) is 3.61. The number of nitrogens with zero attached hydrogens (tertiary/aromatic N) is 5. The Bertz CT molecular complexity index is 993. The fourth-order valence-corrected chi connectivity index (χ4v) is 3.61. The number of hydrogen-bond acceptors (Lipinski definition) is 7. The Morgan fingerprint density at radius 2 is 1.86 bits per heavy atom. The number of rotatable bonds is 6. The molecule has 0 amide bonds. The monoisotopic (exact) mass is 399 g/mol. The van der Waals surface area contributed by atoms with Crippen molar-refractivity contribution in [2.45, 2.75) is 46.2 Å². The quantitative estimate of drug-likeness (QED) is 0.444. The minimum atomic E-state index is -0.538. The van der Waals surface area contributed by atoms with Gasteiger partial charge in [-0.25, -0.2) is 0 Å². The molecule has 1 aromatic heterocycles. The predicted molar refractivity (Wildman–Crippen MR) is 109 cm³/mol. The molecule has 0 aliphatic carbocycles. The number of azo groups is 1. The first-order chi connectivity index (χ1) is 13.9. The first-order valence-electron chi connectivity index (χ1n) is 9.76. The molecule has 154 valence electrons. The van der Waals surface area contributed by atoms with E-state index in [0.29, 0.717) is 17.7 Å². The first-order valence-corrected chi connectivity index (χ1v) is 9.76. The summed E-state index contributed by atoms with van der Waals surface area (Å²) in [7, 11) is 0. The molecule has 0 bridgehead atoms. The van der Waals surface area contributed by atoms with Gasteiger partial charge in [0.1, 0.15) is 0 Å². The number of benzene rings is 1. The van der Waals surface area contributed by atoms with E-state index in [2.05, 4.69) is 15.1 Å². The van der Waals surface area contributed by atoms with E-state index in [1.807, 2.05) is 0 Å². The summed E-state index contributed by atoms with van der Waals surface area (Å²) in [6.45, 7) is 6.19. The van der Waals surface area contributed by atoms with Crippen LogP contribution in [0.5, 0.6) is 5.88 Å². The summed E-state index contributed by atoms with van der Waals surface area (Å²) in [6, 6.07) is 5.98. The van der Waals surface area contributed by atoms with Gasteiger partial charge in [0, 0.05) is 24.7 Å². The summed E-state index contributed by atoms with van der Waals surface area (Å²) in [5, 5.41) is 29.9. The van der Waals surface area contributed by atoms with Gasteiger partial charge in [-0.15, -0.1) is 10.2 Å². The third-order valence-electron chi connectivity index (χ3n) is 5.26. The Morgan fingerprint density at radius 3 is 2.52 bits per heavy atom. The number of aromatic hydroxyl groups is 1. The fraction of sp³-hybridized carbons (Fsp3) is 0.450. The zero-order chi connectivity index (χ0) is 21.0. The van der Waals surface area contributed by atoms with Crippen LogP contribution < -0.4 is 5.56 Å². The number of para-hydroxylation sites is 1. The van der Waals surface area contributed by atoms with Gasteiger partial charge in [0.15, 0.2) is 17.3 Å². The van der Waals surface area contributed by atoms with Crippen molar-refractivity contribution >= 4 is 17.1 Å². The highest BCUT2D eigenvalue weighted by Crippen LogP contribution is 2.31. The molecule has 1 aromatic carbocycles. The zero-order valence-corrected chi connectivity index (χ0v) is 16.7. The molecule has 0 unspecified atom stereocenters. The van der Waals surface area contributed by atoms with E-state index in [9.17, 15) is 20.0 Å². The first kappa shape index (κ1) is 20.7. The highest BCUT2D eigenvalue weighted by Gasteiger charge is 2.22. The molecule has 29 heavy (non-hydrogen) atoms. The van der Waals surface area contributed by atoms with Gasteiger partial charge in [-0.05, 0) is 51.4 Å². The second-order valence-electron chi connectivity index (χ2n) is 7.11. The third kappa shape index (κ3) is 4.34. The number of nitro benzene ring substituents is 1. The molecule has 3 rings (SSSR count). The van der Waals surface area contributed by atoms with Gasteiger partial charge in [-0.3, -0.25) is 24.4 Å². The molecule has 9 nitrogen and oxygen atoms in total. The van der Waals surface area contributed by atoms with Crippen molar-refractivity contribution in [3.8, 4) is 5.88 Å². The molecule has 9 heteroatoms. The maximum absolute atomic E-state index is 12.8. The Balaban J connectivity index is 2.05. The maximum Gasteiger partial charge on any atom is 0.296 e. The predicted octanol–water partition coefficient (Wildman–Crippen LogP) is 4.19. The van der Waals surface area contributed by atoms with Gasteiger partial charge >= 0.3 is 0 Å². The molecule has 2 heterocycles. The molecular formula is C20H25N5O4. The van der Waals surface area contributed by atoms with Crippen molar-refractivity contribution in [3.05, 3.63) is 55.9 Å². The summed E-state index contributed by atoms with van der Waals surface area (Å²) in [5.41, 5.74) is 0.707. The number of aromatic nitrogens is 1. The summed E-state index contributed by atoms with van der Waals surface area (Å²) in [4.78, 5) is 25.7. The summed E-state index contributed by atoms with van der Waals surface area (Å²) < 4.78 is 1.26. The largest absolute Gasteiger partial charge is 0.494 e. The van der Waals surface area contributed by atoms with Crippen LogP contribution in [0.25, 0.3) is 0 Å². The zero-order valence-electron chi connectivity index (χ0n) is 16.7. The molecule has 1 fully saturated rings. The SMILES string of the molecule is CCn1c(O)c(CN2CCCCC2)c(C)c(N=Nc2ccccc2[N+](=O)[O-])c1=O. The van der Waals surface area contributed by atoms with Crippen molar-refractivity contribution < 1.29 is 10.0 Å². The Labute approximate surface area is 168 Å². The molecule has 1 aliphatic heterocycles. The minimum absolute atomic E-state index is 0.0507. The molecule has 2 aromatic rings. The second kappa shape index (κ2) is 8.95. The van der Waals surface area contributed by atoms with Crippen LogP contribution in [-0.2, 0) is 13.1 Å². The Hall–Kier alpha value is -3.07. The number of hydrogen-bond donors (Lipinski definition) is 1. The van der Waals surface area contributed by atoms with E-state index in [1.165, 1.54) is 23.1 Å². The van der Waals surface area contributed by atoms with Gasteiger partial charge in [-0.2, -0.15) is 0 Å². The molecule has 0 saturated carbocycles. The lowest BCUT2D eigenvalue weighted by Gasteiger charge is -2.28. The lowest BCUT2D eigenvalue weighted by atomic mass is 10.1. The molecule has 0 spiro atoms. The summed E-state index contributed by atoms with van der Waals surface area (Å²) in [5.74, 6) is -0.0507. The van der Waals surface area contributed by atoms with E-state index in [0.717, 1.165) is 25.9 Å². The summed E-state index contributed by atoms with van der Waals surface area (Å²) in [6.07, 6.45) is 3.42. The van der Waals surface area contributed by atoms with Crippen LogP contribution in [0.2, 0.25) is 0 Å². The summed E-state index contributed by atoms with van der Waals surface area (Å²) >= 11 is 0. The lowest BCUT2D eigenvalue weighted by molar-refractivity contribution is -0.384.